The Morgan fingerprint density at radius 1 is 1.19 bits per heavy atom. The largest absolute Gasteiger partial charge is 0.334 e. The van der Waals surface area contributed by atoms with E-state index < -0.39 is 0 Å². The summed E-state index contributed by atoms with van der Waals surface area (Å²) in [6.45, 7) is 2.33. The first-order valence-corrected chi connectivity index (χ1v) is 9.30. The number of nitrogens with zero attached hydrogens (tertiary/aromatic N) is 3. The molecule has 1 N–H and O–H groups in total. The van der Waals surface area contributed by atoms with Gasteiger partial charge < -0.3 is 5.32 Å². The zero-order valence-electron chi connectivity index (χ0n) is 13.9. The molecule has 8 heteroatoms. The second kappa shape index (κ2) is 8.33. The summed E-state index contributed by atoms with van der Waals surface area (Å²) in [5.41, 5.74) is 1.34. The molecule has 0 aliphatic rings. The number of halogens is 2. The number of hydrogen-bond acceptors (Lipinski definition) is 5. The maximum absolute atomic E-state index is 13.0. The van der Waals surface area contributed by atoms with Crippen molar-refractivity contribution in [1.82, 2.24) is 14.8 Å². The summed E-state index contributed by atoms with van der Waals surface area (Å²) < 4.78 is 14.5. The Balaban J connectivity index is 1.80. The number of nitrogens with one attached hydrogen (secondary N) is 1. The van der Waals surface area contributed by atoms with E-state index in [-0.39, 0.29) is 17.2 Å². The normalized spacial score (nSPS) is 10.7. The first kappa shape index (κ1) is 18.4. The Labute approximate surface area is 159 Å². The van der Waals surface area contributed by atoms with Crippen LogP contribution < -0.4 is 10.9 Å². The minimum absolute atomic E-state index is 0.139. The van der Waals surface area contributed by atoms with Gasteiger partial charge in [0.1, 0.15) is 5.82 Å². The number of rotatable bonds is 6. The Morgan fingerprint density at radius 3 is 2.65 bits per heavy atom. The molecule has 0 amide bonds. The highest BCUT2D eigenvalue weighted by Gasteiger charge is 2.12. The average Bonchev–Trinajstić information content (AvgIpc) is 2.63. The predicted octanol–water partition coefficient (Wildman–Crippen LogP) is 4.49. The van der Waals surface area contributed by atoms with E-state index in [4.69, 9.17) is 11.6 Å². The van der Waals surface area contributed by atoms with E-state index in [2.05, 4.69) is 15.5 Å². The van der Waals surface area contributed by atoms with Crippen LogP contribution >= 0.6 is 23.4 Å². The molecule has 2 aromatic carbocycles. The molecule has 0 bridgehead atoms. The molecule has 1 heterocycles. The standard InChI is InChI=1S/C18H16ClFN4OS/c1-2-24-17(25)16(21-15-5-3-4-13(19)10-15)22-23-18(24)26-11-12-6-8-14(20)9-7-12/h3-10H,2,11H2,1H3,(H,21,22). The van der Waals surface area contributed by atoms with Gasteiger partial charge >= 0.3 is 0 Å². The Morgan fingerprint density at radius 2 is 1.96 bits per heavy atom. The van der Waals surface area contributed by atoms with Crippen LogP contribution in [0.15, 0.2) is 58.5 Å². The van der Waals surface area contributed by atoms with Crippen molar-refractivity contribution in [3.63, 3.8) is 0 Å². The molecule has 3 rings (SSSR count). The molecule has 26 heavy (non-hydrogen) atoms. The van der Waals surface area contributed by atoms with Crippen molar-refractivity contribution in [2.24, 2.45) is 0 Å². The molecule has 0 radical (unpaired) electrons. The second-order valence-corrected chi connectivity index (χ2v) is 6.81. The molecule has 0 atom stereocenters. The van der Waals surface area contributed by atoms with E-state index in [1.54, 1.807) is 41.0 Å². The molecule has 0 saturated heterocycles. The lowest BCUT2D eigenvalue weighted by Gasteiger charge is -2.11. The number of anilines is 2. The van der Waals surface area contributed by atoms with Gasteiger partial charge in [-0.1, -0.05) is 41.6 Å². The summed E-state index contributed by atoms with van der Waals surface area (Å²) in [5.74, 6) is 0.427. The summed E-state index contributed by atoms with van der Waals surface area (Å²) in [4.78, 5) is 12.7. The third kappa shape index (κ3) is 4.42. The van der Waals surface area contributed by atoms with Crippen molar-refractivity contribution in [2.75, 3.05) is 5.32 Å². The molecule has 3 aromatic rings. The van der Waals surface area contributed by atoms with E-state index in [1.165, 1.54) is 23.9 Å². The molecule has 134 valence electrons. The van der Waals surface area contributed by atoms with Crippen molar-refractivity contribution in [2.45, 2.75) is 24.4 Å². The number of benzene rings is 2. The van der Waals surface area contributed by atoms with Gasteiger partial charge in [-0.05, 0) is 42.8 Å². The Hall–Kier alpha value is -2.38. The third-order valence-corrected chi connectivity index (χ3v) is 4.87. The Kier molecular flexibility index (Phi) is 5.90. The number of aromatic nitrogens is 3. The predicted molar refractivity (Wildman–Crippen MR) is 103 cm³/mol. The van der Waals surface area contributed by atoms with Gasteiger partial charge in [-0.3, -0.25) is 9.36 Å². The highest BCUT2D eigenvalue weighted by Crippen LogP contribution is 2.21. The zero-order chi connectivity index (χ0) is 18.5. The third-order valence-electron chi connectivity index (χ3n) is 3.60. The van der Waals surface area contributed by atoms with Crippen LogP contribution in [-0.4, -0.2) is 14.8 Å². The summed E-state index contributed by atoms with van der Waals surface area (Å²) in [7, 11) is 0. The second-order valence-electron chi connectivity index (χ2n) is 5.43. The summed E-state index contributed by atoms with van der Waals surface area (Å²) in [6.07, 6.45) is 0. The van der Waals surface area contributed by atoms with E-state index in [9.17, 15) is 9.18 Å². The minimum Gasteiger partial charge on any atom is -0.334 e. The molecule has 1 aromatic heterocycles. The van der Waals surface area contributed by atoms with Gasteiger partial charge in [-0.25, -0.2) is 4.39 Å². The topological polar surface area (TPSA) is 59.8 Å². The van der Waals surface area contributed by atoms with Crippen LogP contribution in [0, 0.1) is 5.82 Å². The molecule has 0 unspecified atom stereocenters. The van der Waals surface area contributed by atoms with Gasteiger partial charge in [0.15, 0.2) is 5.16 Å². The fourth-order valence-electron chi connectivity index (χ4n) is 2.30. The van der Waals surface area contributed by atoms with Crippen molar-refractivity contribution in [3.05, 3.63) is 75.3 Å². The van der Waals surface area contributed by atoms with Gasteiger partial charge in [-0.15, -0.1) is 10.2 Å². The van der Waals surface area contributed by atoms with Crippen LogP contribution in [0.2, 0.25) is 5.02 Å². The highest BCUT2D eigenvalue weighted by atomic mass is 35.5. The molecule has 5 nitrogen and oxygen atoms in total. The van der Waals surface area contributed by atoms with Crippen LogP contribution in [-0.2, 0) is 12.3 Å². The van der Waals surface area contributed by atoms with Crippen LogP contribution in [0.1, 0.15) is 12.5 Å². The van der Waals surface area contributed by atoms with E-state index in [0.717, 1.165) is 5.56 Å². The maximum atomic E-state index is 13.0. The van der Waals surface area contributed by atoms with E-state index in [0.29, 0.717) is 28.2 Å². The van der Waals surface area contributed by atoms with Gasteiger partial charge in [0.05, 0.1) is 0 Å². The first-order chi connectivity index (χ1) is 12.6. The van der Waals surface area contributed by atoms with Gasteiger partial charge in [0.2, 0.25) is 5.82 Å². The fraction of sp³-hybridized carbons (Fsp3) is 0.167. The summed E-state index contributed by atoms with van der Waals surface area (Å²) in [5, 5.41) is 12.2. The van der Waals surface area contributed by atoms with Crippen LogP contribution in [0.3, 0.4) is 0 Å². The van der Waals surface area contributed by atoms with Crippen LogP contribution in [0.5, 0.6) is 0 Å². The SMILES string of the molecule is CCn1c(SCc2ccc(F)cc2)nnc(Nc2cccc(Cl)c2)c1=O. The summed E-state index contributed by atoms with van der Waals surface area (Å²) >= 11 is 7.34. The number of thioether (sulfide) groups is 1. The van der Waals surface area contributed by atoms with Gasteiger partial charge in [0.25, 0.3) is 5.56 Å². The minimum atomic E-state index is -0.277. The lowest BCUT2D eigenvalue weighted by Crippen LogP contribution is -2.26. The first-order valence-electron chi connectivity index (χ1n) is 7.94. The summed E-state index contributed by atoms with van der Waals surface area (Å²) in [6, 6.07) is 13.3. The molecular formula is C18H16ClFN4OS. The number of hydrogen-bond donors (Lipinski definition) is 1. The van der Waals surface area contributed by atoms with E-state index in [1.807, 2.05) is 6.92 Å². The molecule has 0 aliphatic carbocycles. The fourth-order valence-corrected chi connectivity index (χ4v) is 3.44. The van der Waals surface area contributed by atoms with Crippen LogP contribution in [0.4, 0.5) is 15.9 Å². The molecule has 0 spiro atoms. The average molecular weight is 391 g/mol. The quantitative estimate of drug-likeness (QED) is 0.628. The molecule has 0 saturated carbocycles. The maximum Gasteiger partial charge on any atom is 0.297 e. The Bertz CT molecular complexity index is 962. The van der Waals surface area contributed by atoms with Gasteiger partial charge in [0, 0.05) is 23.0 Å². The van der Waals surface area contributed by atoms with E-state index >= 15 is 0 Å². The van der Waals surface area contributed by atoms with Gasteiger partial charge in [-0.2, -0.15) is 0 Å². The lowest BCUT2D eigenvalue weighted by molar-refractivity contribution is 0.597. The van der Waals surface area contributed by atoms with Crippen molar-refractivity contribution in [1.29, 1.82) is 0 Å². The lowest BCUT2D eigenvalue weighted by atomic mass is 10.2. The monoisotopic (exact) mass is 390 g/mol. The molecular weight excluding hydrogens is 375 g/mol. The smallest absolute Gasteiger partial charge is 0.297 e. The molecule has 0 aliphatic heterocycles. The zero-order valence-corrected chi connectivity index (χ0v) is 15.5. The highest BCUT2D eigenvalue weighted by molar-refractivity contribution is 7.98. The van der Waals surface area contributed by atoms with Crippen molar-refractivity contribution < 1.29 is 4.39 Å². The van der Waals surface area contributed by atoms with Crippen molar-refractivity contribution in [3.8, 4) is 0 Å². The van der Waals surface area contributed by atoms with Crippen molar-refractivity contribution >= 4 is 34.9 Å². The molecule has 0 fully saturated rings. The van der Waals surface area contributed by atoms with Crippen LogP contribution in [0.25, 0.3) is 0 Å².